The number of H-pyrrole nitrogens is 1. The van der Waals surface area contributed by atoms with Crippen LogP contribution in [0.3, 0.4) is 0 Å². The van der Waals surface area contributed by atoms with Gasteiger partial charge in [-0.1, -0.05) is 17.3 Å². The highest BCUT2D eigenvalue weighted by Crippen LogP contribution is 2.33. The van der Waals surface area contributed by atoms with Crippen LogP contribution in [0.2, 0.25) is 0 Å². The van der Waals surface area contributed by atoms with Crippen LogP contribution in [-0.2, 0) is 31.0 Å². The molecule has 2 rings (SSSR count). The second-order valence-corrected chi connectivity index (χ2v) is 6.86. The number of methoxy groups -OCH3 is 1. The van der Waals surface area contributed by atoms with Crippen LogP contribution in [0.4, 0.5) is 0 Å². The first-order valence-electron chi connectivity index (χ1n) is 8.50. The summed E-state index contributed by atoms with van der Waals surface area (Å²) in [7, 11) is 1.31. The van der Waals surface area contributed by atoms with E-state index in [4.69, 9.17) is 14.2 Å². The van der Waals surface area contributed by atoms with E-state index >= 15 is 0 Å². The third kappa shape index (κ3) is 4.88. The van der Waals surface area contributed by atoms with Gasteiger partial charge in [-0.05, 0) is 45.4 Å². The Morgan fingerprint density at radius 2 is 1.81 bits per heavy atom. The largest absolute Gasteiger partial charge is 0.465 e. The smallest absolute Gasteiger partial charge is 0.347 e. The molecule has 1 heterocycles. The van der Waals surface area contributed by atoms with Gasteiger partial charge in [-0.3, -0.25) is 0 Å². The summed E-state index contributed by atoms with van der Waals surface area (Å²) in [5.41, 5.74) is -1.16. The van der Waals surface area contributed by atoms with Gasteiger partial charge in [-0.15, -0.1) is 10.2 Å². The molecule has 0 aliphatic heterocycles. The van der Waals surface area contributed by atoms with Crippen molar-refractivity contribution in [3.8, 4) is 0 Å². The summed E-state index contributed by atoms with van der Waals surface area (Å²) in [6, 6.07) is 6.66. The molecule has 0 saturated carbocycles. The standard InChI is InChI=1S/C18H24N4O5/c1-6-26-16(24)18(27-17(2,3)4,15-19-21-22-20-15)11-12-7-9-13(10-8-12)14(23)25-5/h7-10H,6,11H2,1-5H3,(H,19,20,21,22). The summed E-state index contributed by atoms with van der Waals surface area (Å²) in [6.45, 7) is 7.35. The zero-order valence-electron chi connectivity index (χ0n) is 16.1. The lowest BCUT2D eigenvalue weighted by Gasteiger charge is -2.35. The van der Waals surface area contributed by atoms with E-state index in [9.17, 15) is 9.59 Å². The molecule has 0 bridgehead atoms. The number of nitrogens with zero attached hydrogens (tertiary/aromatic N) is 3. The minimum absolute atomic E-state index is 0.0768. The zero-order chi connectivity index (χ0) is 20.1. The number of carbonyl (C=O) groups is 2. The number of aromatic nitrogens is 4. The maximum absolute atomic E-state index is 12.9. The summed E-state index contributed by atoms with van der Waals surface area (Å²) in [4.78, 5) is 24.5. The lowest BCUT2D eigenvalue weighted by molar-refractivity contribution is -0.195. The molecule has 0 aliphatic rings. The average Bonchev–Trinajstić information content (AvgIpc) is 3.15. The number of carbonyl (C=O) groups excluding carboxylic acids is 2. The molecular weight excluding hydrogens is 352 g/mol. The van der Waals surface area contributed by atoms with Gasteiger partial charge in [0.2, 0.25) is 11.4 Å². The topological polar surface area (TPSA) is 116 Å². The molecule has 0 amide bonds. The number of benzene rings is 1. The number of esters is 2. The molecule has 0 saturated heterocycles. The van der Waals surface area contributed by atoms with Gasteiger partial charge in [0.1, 0.15) is 0 Å². The van der Waals surface area contributed by atoms with Crippen LogP contribution in [-0.4, -0.2) is 51.9 Å². The van der Waals surface area contributed by atoms with Gasteiger partial charge in [0, 0.05) is 6.42 Å². The van der Waals surface area contributed by atoms with Gasteiger partial charge >= 0.3 is 11.9 Å². The highest BCUT2D eigenvalue weighted by Gasteiger charge is 2.50. The highest BCUT2D eigenvalue weighted by atomic mass is 16.6. The van der Waals surface area contributed by atoms with Crippen LogP contribution in [0.1, 0.15) is 49.4 Å². The van der Waals surface area contributed by atoms with Crippen molar-refractivity contribution in [3.05, 3.63) is 41.2 Å². The molecule has 1 aromatic heterocycles. The van der Waals surface area contributed by atoms with Gasteiger partial charge in [-0.2, -0.15) is 5.21 Å². The van der Waals surface area contributed by atoms with Crippen molar-refractivity contribution in [2.24, 2.45) is 0 Å². The van der Waals surface area contributed by atoms with E-state index in [1.54, 1.807) is 31.2 Å². The van der Waals surface area contributed by atoms with Crippen LogP contribution in [0, 0.1) is 0 Å². The summed E-state index contributed by atoms with van der Waals surface area (Å²) >= 11 is 0. The molecule has 9 heteroatoms. The highest BCUT2D eigenvalue weighted by molar-refractivity contribution is 5.89. The van der Waals surface area contributed by atoms with Gasteiger partial charge in [0.25, 0.3) is 0 Å². The van der Waals surface area contributed by atoms with Gasteiger partial charge in [-0.25, -0.2) is 9.59 Å². The predicted molar refractivity (Wildman–Crippen MR) is 94.8 cm³/mol. The summed E-state index contributed by atoms with van der Waals surface area (Å²) < 4.78 is 16.1. The maximum Gasteiger partial charge on any atom is 0.347 e. The third-order valence-corrected chi connectivity index (χ3v) is 3.62. The summed E-state index contributed by atoms with van der Waals surface area (Å²) in [5, 5.41) is 13.9. The molecule has 1 atom stereocenters. The summed E-state index contributed by atoms with van der Waals surface area (Å²) in [5.74, 6) is -0.978. The Labute approximate surface area is 157 Å². The Hall–Kier alpha value is -2.81. The van der Waals surface area contributed by atoms with Crippen molar-refractivity contribution in [1.29, 1.82) is 0 Å². The number of rotatable bonds is 7. The molecule has 0 fully saturated rings. The first kappa shape index (κ1) is 20.5. The van der Waals surface area contributed by atoms with Crippen molar-refractivity contribution in [1.82, 2.24) is 20.6 Å². The lowest BCUT2D eigenvalue weighted by Crippen LogP contribution is -2.48. The van der Waals surface area contributed by atoms with Crippen LogP contribution in [0.5, 0.6) is 0 Å². The van der Waals surface area contributed by atoms with Gasteiger partial charge in [0.15, 0.2) is 0 Å². The maximum atomic E-state index is 12.9. The van der Waals surface area contributed by atoms with Crippen LogP contribution < -0.4 is 0 Å². The molecule has 146 valence electrons. The van der Waals surface area contributed by atoms with E-state index in [1.807, 2.05) is 20.8 Å². The SMILES string of the molecule is CCOC(=O)C(Cc1ccc(C(=O)OC)cc1)(OC(C)(C)C)c1nn[nH]n1. The molecule has 27 heavy (non-hydrogen) atoms. The number of aromatic amines is 1. The van der Waals surface area contributed by atoms with Crippen LogP contribution in [0.25, 0.3) is 0 Å². The van der Waals surface area contributed by atoms with Gasteiger partial charge in [0.05, 0.1) is 24.9 Å². The number of nitrogens with one attached hydrogen (secondary N) is 1. The first-order chi connectivity index (χ1) is 12.7. The number of tetrazole rings is 1. The summed E-state index contributed by atoms with van der Waals surface area (Å²) in [6.07, 6.45) is 0.101. The number of ether oxygens (including phenoxy) is 3. The third-order valence-electron chi connectivity index (χ3n) is 3.62. The Bertz CT molecular complexity index is 768. The molecule has 1 N–H and O–H groups in total. The fraction of sp³-hybridized carbons (Fsp3) is 0.500. The molecule has 0 aliphatic carbocycles. The van der Waals surface area contributed by atoms with Crippen LogP contribution >= 0.6 is 0 Å². The minimum Gasteiger partial charge on any atom is -0.465 e. The molecule has 1 unspecified atom stereocenters. The number of hydrogen-bond acceptors (Lipinski definition) is 8. The quantitative estimate of drug-likeness (QED) is 0.727. The molecule has 9 nitrogen and oxygen atoms in total. The molecule has 0 spiro atoms. The van der Waals surface area contributed by atoms with Gasteiger partial charge < -0.3 is 14.2 Å². The van der Waals surface area contributed by atoms with Crippen molar-refractivity contribution in [2.75, 3.05) is 13.7 Å². The predicted octanol–water partition coefficient (Wildman–Crippen LogP) is 1.80. The van der Waals surface area contributed by atoms with E-state index in [0.29, 0.717) is 5.56 Å². The normalized spacial score (nSPS) is 13.7. The van der Waals surface area contributed by atoms with Crippen molar-refractivity contribution >= 4 is 11.9 Å². The molecular formula is C18H24N4O5. The first-order valence-corrected chi connectivity index (χ1v) is 8.50. The fourth-order valence-corrected chi connectivity index (χ4v) is 2.63. The second kappa shape index (κ2) is 8.26. The molecule has 2 aromatic rings. The van der Waals surface area contributed by atoms with E-state index in [0.717, 1.165) is 5.56 Å². The Morgan fingerprint density at radius 1 is 1.15 bits per heavy atom. The monoisotopic (exact) mass is 376 g/mol. The molecule has 0 radical (unpaired) electrons. The van der Waals surface area contributed by atoms with E-state index < -0.39 is 23.1 Å². The Morgan fingerprint density at radius 3 is 2.30 bits per heavy atom. The Balaban J connectivity index is 2.47. The zero-order valence-corrected chi connectivity index (χ0v) is 16.1. The fourth-order valence-electron chi connectivity index (χ4n) is 2.63. The lowest BCUT2D eigenvalue weighted by atomic mass is 9.91. The average molecular weight is 376 g/mol. The van der Waals surface area contributed by atoms with E-state index in [1.165, 1.54) is 7.11 Å². The molecule has 1 aromatic carbocycles. The van der Waals surface area contributed by atoms with Crippen molar-refractivity contribution in [2.45, 2.75) is 45.3 Å². The second-order valence-electron chi connectivity index (χ2n) is 6.86. The minimum atomic E-state index is -1.59. The van der Waals surface area contributed by atoms with Crippen molar-refractivity contribution in [3.63, 3.8) is 0 Å². The number of hydrogen-bond donors (Lipinski definition) is 1. The van der Waals surface area contributed by atoms with Crippen LogP contribution in [0.15, 0.2) is 24.3 Å². The van der Waals surface area contributed by atoms with E-state index in [2.05, 4.69) is 20.6 Å². The van der Waals surface area contributed by atoms with Crippen molar-refractivity contribution < 1.29 is 23.8 Å². The van der Waals surface area contributed by atoms with E-state index in [-0.39, 0.29) is 18.9 Å². The Kier molecular flexibility index (Phi) is 6.27.